The zero-order chi connectivity index (χ0) is 21.3. The predicted molar refractivity (Wildman–Crippen MR) is 113 cm³/mol. The van der Waals surface area contributed by atoms with E-state index in [4.69, 9.17) is 11.6 Å². The minimum absolute atomic E-state index is 0.107. The maximum Gasteiger partial charge on any atom is 0.229 e. The summed E-state index contributed by atoms with van der Waals surface area (Å²) in [4.78, 5) is 15.9. The summed E-state index contributed by atoms with van der Waals surface area (Å²) in [6.45, 7) is 3.70. The molecule has 0 bridgehead atoms. The zero-order valence-corrected chi connectivity index (χ0v) is 17.7. The van der Waals surface area contributed by atoms with Crippen molar-refractivity contribution in [1.82, 2.24) is 4.98 Å². The third-order valence-corrected chi connectivity index (χ3v) is 5.47. The number of carbonyl (C=O) groups is 1. The second kappa shape index (κ2) is 8.00. The van der Waals surface area contributed by atoms with Crippen LogP contribution in [0.1, 0.15) is 45.7 Å². The normalized spacial score (nSPS) is 12.6. The van der Waals surface area contributed by atoms with Crippen LogP contribution in [0.2, 0.25) is 5.02 Å². The summed E-state index contributed by atoms with van der Waals surface area (Å²) in [6.07, 6.45) is 0.962. The number of rotatable bonds is 6. The molecule has 152 valence electrons. The van der Waals surface area contributed by atoms with Crippen LogP contribution < -0.4 is 4.72 Å². The molecule has 0 fully saturated rings. The molecule has 0 radical (unpaired) electrons. The molecular formula is C21H20ClFN2O3S. The molecule has 3 rings (SSSR count). The molecular weight excluding hydrogens is 415 g/mol. The summed E-state index contributed by atoms with van der Waals surface area (Å²) in [5, 5.41) is 0.551. The van der Waals surface area contributed by atoms with Crippen LogP contribution in [0.15, 0.2) is 48.5 Å². The van der Waals surface area contributed by atoms with Crippen LogP contribution in [0.4, 0.5) is 10.1 Å². The molecule has 29 heavy (non-hydrogen) atoms. The number of carbonyl (C=O) groups excluding carboxylic acids is 1. The molecule has 1 heterocycles. The molecule has 8 heteroatoms. The highest BCUT2D eigenvalue weighted by Crippen LogP contribution is 2.29. The summed E-state index contributed by atoms with van der Waals surface area (Å²) in [5.41, 5.74) is 3.05. The maximum absolute atomic E-state index is 14.3. The van der Waals surface area contributed by atoms with Crippen LogP contribution in [0.25, 0.3) is 0 Å². The summed E-state index contributed by atoms with van der Waals surface area (Å²) in [7, 11) is -3.57. The van der Waals surface area contributed by atoms with Crippen LogP contribution in [-0.4, -0.2) is 25.4 Å². The fourth-order valence-corrected chi connectivity index (χ4v) is 3.75. The van der Waals surface area contributed by atoms with Gasteiger partial charge in [0, 0.05) is 22.2 Å². The Morgan fingerprint density at radius 3 is 2.38 bits per heavy atom. The molecule has 0 aliphatic carbocycles. The number of nitrogens with one attached hydrogen (secondary N) is 2. The van der Waals surface area contributed by atoms with Crippen LogP contribution in [0.5, 0.6) is 0 Å². The van der Waals surface area contributed by atoms with Gasteiger partial charge in [0.1, 0.15) is 5.82 Å². The Bertz CT molecular complexity index is 1170. The monoisotopic (exact) mass is 434 g/mol. The van der Waals surface area contributed by atoms with Gasteiger partial charge in [0.15, 0.2) is 0 Å². The molecule has 0 aliphatic heterocycles. The predicted octanol–water partition coefficient (Wildman–Crippen LogP) is 4.87. The minimum Gasteiger partial charge on any atom is -0.355 e. The standard InChI is InChI=1S/C21H20ClFN2O3S/c1-12-10-19(24-20(12)21(26)14-4-7-16(22)8-5-14)13(2)15-6-9-18(17(23)11-15)25-29(3,27)28/h4-11,13,24-25H,1-3H3. The molecule has 2 N–H and O–H groups in total. The van der Waals surface area contributed by atoms with Crippen molar-refractivity contribution in [2.24, 2.45) is 0 Å². The van der Waals surface area contributed by atoms with Gasteiger partial charge in [0.2, 0.25) is 15.8 Å². The fraction of sp³-hybridized carbons (Fsp3) is 0.190. The van der Waals surface area contributed by atoms with Gasteiger partial charge in [0.05, 0.1) is 17.6 Å². The first kappa shape index (κ1) is 21.1. The number of ketones is 1. The van der Waals surface area contributed by atoms with E-state index in [0.717, 1.165) is 17.5 Å². The average Bonchev–Trinajstić information content (AvgIpc) is 3.03. The van der Waals surface area contributed by atoms with Crippen molar-refractivity contribution >= 4 is 33.1 Å². The van der Waals surface area contributed by atoms with Crippen molar-refractivity contribution in [1.29, 1.82) is 0 Å². The first-order valence-electron chi connectivity index (χ1n) is 8.82. The molecule has 0 saturated heterocycles. The average molecular weight is 435 g/mol. The number of hydrogen-bond acceptors (Lipinski definition) is 3. The van der Waals surface area contributed by atoms with E-state index in [1.807, 2.05) is 19.9 Å². The molecule has 1 unspecified atom stereocenters. The van der Waals surface area contributed by atoms with Gasteiger partial charge in [0.25, 0.3) is 0 Å². The molecule has 0 saturated carbocycles. The number of aryl methyl sites for hydroxylation is 1. The van der Waals surface area contributed by atoms with Crippen molar-refractivity contribution in [3.05, 3.63) is 87.4 Å². The molecule has 5 nitrogen and oxygen atoms in total. The first-order valence-corrected chi connectivity index (χ1v) is 11.1. The van der Waals surface area contributed by atoms with Gasteiger partial charge in [-0.3, -0.25) is 9.52 Å². The summed E-state index contributed by atoms with van der Waals surface area (Å²) < 4.78 is 39.1. The summed E-state index contributed by atoms with van der Waals surface area (Å²) in [6, 6.07) is 12.8. The lowest BCUT2D eigenvalue weighted by molar-refractivity contribution is 0.103. The number of hydrogen-bond donors (Lipinski definition) is 2. The van der Waals surface area contributed by atoms with E-state index in [0.29, 0.717) is 21.8 Å². The Labute approximate surface area is 174 Å². The molecule has 1 atom stereocenters. The van der Waals surface area contributed by atoms with E-state index >= 15 is 0 Å². The lowest BCUT2D eigenvalue weighted by Crippen LogP contribution is -2.11. The highest BCUT2D eigenvalue weighted by molar-refractivity contribution is 7.92. The van der Waals surface area contributed by atoms with Gasteiger partial charge < -0.3 is 4.98 Å². The molecule has 2 aromatic carbocycles. The van der Waals surface area contributed by atoms with Crippen LogP contribution in [0.3, 0.4) is 0 Å². The van der Waals surface area contributed by atoms with Gasteiger partial charge in [-0.15, -0.1) is 0 Å². The highest BCUT2D eigenvalue weighted by atomic mass is 35.5. The van der Waals surface area contributed by atoms with Crippen LogP contribution >= 0.6 is 11.6 Å². The zero-order valence-electron chi connectivity index (χ0n) is 16.1. The SMILES string of the molecule is Cc1cc(C(C)c2ccc(NS(C)(=O)=O)c(F)c2)[nH]c1C(=O)c1ccc(Cl)cc1. The van der Waals surface area contributed by atoms with Crippen molar-refractivity contribution in [3.8, 4) is 0 Å². The van der Waals surface area contributed by atoms with Crippen molar-refractivity contribution in [3.63, 3.8) is 0 Å². The topological polar surface area (TPSA) is 79.0 Å². The maximum atomic E-state index is 14.3. The third-order valence-electron chi connectivity index (χ3n) is 4.62. The Hall–Kier alpha value is -2.64. The molecule has 0 amide bonds. The minimum atomic E-state index is -3.57. The van der Waals surface area contributed by atoms with Gasteiger partial charge in [-0.25, -0.2) is 12.8 Å². The third kappa shape index (κ3) is 4.86. The Balaban J connectivity index is 1.88. The van der Waals surface area contributed by atoms with Crippen LogP contribution in [-0.2, 0) is 10.0 Å². The number of anilines is 1. The largest absolute Gasteiger partial charge is 0.355 e. The van der Waals surface area contributed by atoms with Crippen LogP contribution in [0, 0.1) is 12.7 Å². The molecule has 3 aromatic rings. The van der Waals surface area contributed by atoms with E-state index < -0.39 is 15.8 Å². The molecule has 1 aromatic heterocycles. The van der Waals surface area contributed by atoms with E-state index in [2.05, 4.69) is 9.71 Å². The second-order valence-corrected chi connectivity index (χ2v) is 9.14. The fourth-order valence-electron chi connectivity index (χ4n) is 3.06. The first-order chi connectivity index (χ1) is 13.5. The quantitative estimate of drug-likeness (QED) is 0.543. The molecule has 0 aliphatic rings. The second-order valence-electron chi connectivity index (χ2n) is 6.95. The van der Waals surface area contributed by atoms with E-state index in [1.165, 1.54) is 12.1 Å². The Kier molecular flexibility index (Phi) is 5.82. The number of aromatic nitrogens is 1. The molecule has 0 spiro atoms. The summed E-state index contributed by atoms with van der Waals surface area (Å²) >= 11 is 5.88. The van der Waals surface area contributed by atoms with Gasteiger partial charge in [-0.05, 0) is 60.5 Å². The van der Waals surface area contributed by atoms with Gasteiger partial charge >= 0.3 is 0 Å². The van der Waals surface area contributed by atoms with Crippen molar-refractivity contribution in [2.75, 3.05) is 11.0 Å². The van der Waals surface area contributed by atoms with Crippen molar-refractivity contribution < 1.29 is 17.6 Å². The number of aromatic amines is 1. The van der Waals surface area contributed by atoms with E-state index in [1.54, 1.807) is 30.3 Å². The number of H-pyrrole nitrogens is 1. The number of benzene rings is 2. The van der Waals surface area contributed by atoms with Crippen molar-refractivity contribution in [2.45, 2.75) is 19.8 Å². The Morgan fingerprint density at radius 1 is 1.14 bits per heavy atom. The van der Waals surface area contributed by atoms with Gasteiger partial charge in [-0.1, -0.05) is 24.6 Å². The summed E-state index contributed by atoms with van der Waals surface area (Å²) in [5.74, 6) is -1.06. The highest BCUT2D eigenvalue weighted by Gasteiger charge is 2.19. The van der Waals surface area contributed by atoms with Gasteiger partial charge in [-0.2, -0.15) is 0 Å². The smallest absolute Gasteiger partial charge is 0.229 e. The lowest BCUT2D eigenvalue weighted by atomic mass is 9.97. The Morgan fingerprint density at radius 2 is 1.79 bits per heavy atom. The van der Waals surface area contributed by atoms with E-state index in [9.17, 15) is 17.6 Å². The number of sulfonamides is 1. The lowest BCUT2D eigenvalue weighted by Gasteiger charge is -2.13. The number of halogens is 2. The van der Waals surface area contributed by atoms with E-state index in [-0.39, 0.29) is 17.4 Å².